The number of hydrogen-bond acceptors (Lipinski definition) is 3. The van der Waals surface area contributed by atoms with E-state index in [1.54, 1.807) is 13.8 Å². The van der Waals surface area contributed by atoms with Crippen molar-refractivity contribution in [2.45, 2.75) is 24.8 Å². The average Bonchev–Trinajstić information content (AvgIpc) is 2.27. The SMILES string of the molecule is CC(C)N(Cl)S(=O)(=O)c1ccccc1C(=O)O. The quantitative estimate of drug-likeness (QED) is 0.854. The first-order chi connectivity index (χ1) is 7.78. The zero-order chi connectivity index (χ0) is 13.2. The van der Waals surface area contributed by atoms with Gasteiger partial charge in [-0.1, -0.05) is 12.1 Å². The largest absolute Gasteiger partial charge is 0.478 e. The Labute approximate surface area is 105 Å². The molecule has 0 fully saturated rings. The lowest BCUT2D eigenvalue weighted by molar-refractivity contribution is 0.0692. The fourth-order valence-electron chi connectivity index (χ4n) is 1.24. The lowest BCUT2D eigenvalue weighted by Gasteiger charge is -2.18. The van der Waals surface area contributed by atoms with Crippen molar-refractivity contribution in [2.75, 3.05) is 0 Å². The minimum Gasteiger partial charge on any atom is -0.478 e. The molecule has 0 aliphatic rings. The molecule has 0 aliphatic heterocycles. The third-order valence-electron chi connectivity index (χ3n) is 2.03. The van der Waals surface area contributed by atoms with Crippen LogP contribution in [0.3, 0.4) is 0 Å². The van der Waals surface area contributed by atoms with Gasteiger partial charge in [0.2, 0.25) is 0 Å². The first-order valence-electron chi connectivity index (χ1n) is 4.81. The summed E-state index contributed by atoms with van der Waals surface area (Å²) in [4.78, 5) is 10.6. The van der Waals surface area contributed by atoms with Gasteiger partial charge < -0.3 is 5.11 Å². The summed E-state index contributed by atoms with van der Waals surface area (Å²) in [7, 11) is -4.00. The van der Waals surface area contributed by atoms with E-state index in [9.17, 15) is 13.2 Å². The molecule has 0 atom stereocenters. The molecule has 0 unspecified atom stereocenters. The molecule has 17 heavy (non-hydrogen) atoms. The van der Waals surface area contributed by atoms with Crippen molar-refractivity contribution in [3.63, 3.8) is 0 Å². The summed E-state index contributed by atoms with van der Waals surface area (Å²) in [5.74, 6) is -1.31. The molecule has 0 aliphatic carbocycles. The maximum Gasteiger partial charge on any atom is 0.337 e. The molecule has 1 aromatic carbocycles. The highest BCUT2D eigenvalue weighted by Crippen LogP contribution is 2.23. The molecule has 0 saturated heterocycles. The van der Waals surface area contributed by atoms with Gasteiger partial charge in [-0.05, 0) is 37.8 Å². The van der Waals surface area contributed by atoms with E-state index in [1.807, 2.05) is 0 Å². The third kappa shape index (κ3) is 2.77. The van der Waals surface area contributed by atoms with Crippen LogP contribution in [-0.4, -0.2) is 29.4 Å². The smallest absolute Gasteiger partial charge is 0.337 e. The fraction of sp³-hybridized carbons (Fsp3) is 0.300. The Morgan fingerprint density at radius 2 is 1.88 bits per heavy atom. The van der Waals surface area contributed by atoms with Gasteiger partial charge in [-0.25, -0.2) is 13.2 Å². The molecule has 0 saturated carbocycles. The van der Waals surface area contributed by atoms with Gasteiger partial charge >= 0.3 is 5.97 Å². The Kier molecular flexibility index (Phi) is 4.13. The number of carboxylic acid groups (broad SMARTS) is 1. The first-order valence-corrected chi connectivity index (χ1v) is 6.59. The summed E-state index contributed by atoms with van der Waals surface area (Å²) in [5, 5.41) is 8.92. The highest BCUT2D eigenvalue weighted by molar-refractivity contribution is 7.90. The number of carboxylic acids is 1. The highest BCUT2D eigenvalue weighted by atomic mass is 35.5. The van der Waals surface area contributed by atoms with E-state index in [0.717, 1.165) is 0 Å². The number of sulfonamides is 1. The minimum atomic E-state index is -4.00. The van der Waals surface area contributed by atoms with Crippen LogP contribution < -0.4 is 0 Å². The molecule has 7 heteroatoms. The maximum atomic E-state index is 12.0. The number of aromatic carboxylic acids is 1. The van der Waals surface area contributed by atoms with Gasteiger partial charge in [0.15, 0.2) is 0 Å². The molecule has 5 nitrogen and oxygen atoms in total. The predicted molar refractivity (Wildman–Crippen MR) is 63.4 cm³/mol. The molecule has 0 aromatic heterocycles. The van der Waals surface area contributed by atoms with E-state index in [1.165, 1.54) is 24.3 Å². The van der Waals surface area contributed by atoms with Gasteiger partial charge in [0, 0.05) is 6.04 Å². The number of halogens is 1. The van der Waals surface area contributed by atoms with Crippen molar-refractivity contribution in [3.8, 4) is 0 Å². The lowest BCUT2D eigenvalue weighted by Crippen LogP contribution is -2.29. The summed E-state index contributed by atoms with van der Waals surface area (Å²) in [6, 6.07) is 4.88. The first kappa shape index (κ1) is 14.0. The third-order valence-corrected chi connectivity index (χ3v) is 4.76. The summed E-state index contributed by atoms with van der Waals surface area (Å²) >= 11 is 5.67. The molecule has 1 aromatic rings. The van der Waals surface area contributed by atoms with Crippen molar-refractivity contribution in [1.29, 1.82) is 0 Å². The van der Waals surface area contributed by atoms with Gasteiger partial charge in [0.1, 0.15) is 0 Å². The standard InChI is InChI=1S/C10H12ClNO4S/c1-7(2)12(11)17(15,16)9-6-4-3-5-8(9)10(13)14/h3-7H,1-2H3,(H,13,14). The highest BCUT2D eigenvalue weighted by Gasteiger charge is 2.29. The molecule has 94 valence electrons. The van der Waals surface area contributed by atoms with Crippen molar-refractivity contribution in [1.82, 2.24) is 3.82 Å². The molecule has 0 bridgehead atoms. The van der Waals surface area contributed by atoms with Crippen LogP contribution in [0.15, 0.2) is 29.2 Å². The van der Waals surface area contributed by atoms with Crippen LogP contribution in [0.25, 0.3) is 0 Å². The molecular weight excluding hydrogens is 266 g/mol. The van der Waals surface area contributed by atoms with E-state index >= 15 is 0 Å². The summed E-state index contributed by atoms with van der Waals surface area (Å²) in [6.07, 6.45) is 0. The van der Waals surface area contributed by atoms with Crippen LogP contribution in [0.1, 0.15) is 24.2 Å². The number of benzene rings is 1. The molecule has 0 spiro atoms. The lowest BCUT2D eigenvalue weighted by atomic mass is 10.2. The van der Waals surface area contributed by atoms with Crippen LogP contribution >= 0.6 is 11.8 Å². The van der Waals surface area contributed by atoms with Gasteiger partial charge in [-0.3, -0.25) is 0 Å². The zero-order valence-corrected chi connectivity index (χ0v) is 10.9. The van der Waals surface area contributed by atoms with Crippen LogP contribution in [0, 0.1) is 0 Å². The second-order valence-electron chi connectivity index (χ2n) is 3.64. The van der Waals surface area contributed by atoms with E-state index in [0.29, 0.717) is 3.82 Å². The Balaban J connectivity index is 3.39. The van der Waals surface area contributed by atoms with Crippen molar-refractivity contribution < 1.29 is 18.3 Å². The Morgan fingerprint density at radius 3 is 2.35 bits per heavy atom. The summed E-state index contributed by atoms with van der Waals surface area (Å²) in [5.41, 5.74) is -0.293. The maximum absolute atomic E-state index is 12.0. The van der Waals surface area contributed by atoms with Crippen LogP contribution in [0.2, 0.25) is 0 Å². The van der Waals surface area contributed by atoms with Gasteiger partial charge in [-0.2, -0.15) is 0 Å². The number of nitrogens with zero attached hydrogens (tertiary/aromatic N) is 1. The van der Waals surface area contributed by atoms with Gasteiger partial charge in [-0.15, -0.1) is 3.82 Å². The number of hydrogen-bond donors (Lipinski definition) is 1. The van der Waals surface area contributed by atoms with Gasteiger partial charge in [0.05, 0.1) is 10.5 Å². The molecule has 1 N–H and O–H groups in total. The normalized spacial score (nSPS) is 12.1. The average molecular weight is 278 g/mol. The van der Waals surface area contributed by atoms with Crippen LogP contribution in [0.4, 0.5) is 0 Å². The van der Waals surface area contributed by atoms with E-state index in [2.05, 4.69) is 0 Å². The zero-order valence-electron chi connectivity index (χ0n) is 9.29. The Bertz CT molecular complexity index is 527. The molecule has 0 amide bonds. The topological polar surface area (TPSA) is 74.7 Å². The van der Waals surface area contributed by atoms with E-state index in [-0.39, 0.29) is 10.5 Å². The molecular formula is C10H12ClNO4S. The second-order valence-corrected chi connectivity index (χ2v) is 5.99. The molecule has 0 heterocycles. The summed E-state index contributed by atoms with van der Waals surface area (Å²) in [6.45, 7) is 3.18. The van der Waals surface area contributed by atoms with E-state index in [4.69, 9.17) is 16.9 Å². The minimum absolute atomic E-state index is 0.293. The predicted octanol–water partition coefficient (Wildman–Crippen LogP) is 1.94. The van der Waals surface area contributed by atoms with E-state index < -0.39 is 22.0 Å². The second kappa shape index (κ2) is 5.03. The van der Waals surface area contributed by atoms with Gasteiger partial charge in [0.25, 0.3) is 10.0 Å². The van der Waals surface area contributed by atoms with Crippen molar-refractivity contribution in [3.05, 3.63) is 29.8 Å². The number of rotatable bonds is 4. The molecule has 1 rings (SSSR count). The monoisotopic (exact) mass is 277 g/mol. The fourth-order valence-corrected chi connectivity index (χ4v) is 2.89. The van der Waals surface area contributed by atoms with Crippen LogP contribution in [-0.2, 0) is 10.0 Å². The van der Waals surface area contributed by atoms with Crippen molar-refractivity contribution >= 4 is 27.8 Å². The van der Waals surface area contributed by atoms with Crippen LogP contribution in [0.5, 0.6) is 0 Å². The summed E-state index contributed by atoms with van der Waals surface area (Å²) < 4.78 is 24.7. The molecule has 0 radical (unpaired) electrons. The van der Waals surface area contributed by atoms with Crippen molar-refractivity contribution in [2.24, 2.45) is 0 Å². The Morgan fingerprint density at radius 1 is 1.35 bits per heavy atom. The number of carbonyl (C=O) groups is 1. The Hall–Kier alpha value is -1.11.